The van der Waals surface area contributed by atoms with E-state index in [1.54, 1.807) is 7.05 Å². The van der Waals surface area contributed by atoms with E-state index < -0.39 is 11.9 Å². The number of amides is 1. The van der Waals surface area contributed by atoms with Crippen molar-refractivity contribution in [2.24, 2.45) is 7.05 Å². The lowest BCUT2D eigenvalue weighted by molar-refractivity contribution is 0.0691. The normalized spacial score (nSPS) is 11.0. The number of carbonyl (C=O) groups is 2. The maximum absolute atomic E-state index is 12.1. The lowest BCUT2D eigenvalue weighted by Crippen LogP contribution is -2.26. The van der Waals surface area contributed by atoms with Crippen LogP contribution in [-0.2, 0) is 7.05 Å². The number of aromatic nitrogens is 2. The summed E-state index contributed by atoms with van der Waals surface area (Å²) in [5, 5.41) is 15.8. The van der Waals surface area contributed by atoms with Crippen LogP contribution in [0, 0.1) is 0 Å². The molecule has 1 aromatic rings. The first-order chi connectivity index (χ1) is 14.6. The van der Waals surface area contributed by atoms with Gasteiger partial charge in [-0.2, -0.15) is 5.10 Å². The Bertz CT molecular complexity index is 599. The second-order valence-corrected chi connectivity index (χ2v) is 8.43. The first-order valence-corrected chi connectivity index (χ1v) is 12.1. The molecule has 0 aliphatic carbocycles. The SMILES string of the molecule is CCCCCCCCCCCCCCCCCCNC(=O)c1nn(C)cc1C(=O)O. The minimum absolute atomic E-state index is 0.0125. The van der Waals surface area contributed by atoms with Crippen molar-refractivity contribution in [2.45, 2.75) is 110 Å². The zero-order valence-corrected chi connectivity index (χ0v) is 19.3. The van der Waals surface area contributed by atoms with Gasteiger partial charge in [0.25, 0.3) is 5.91 Å². The Morgan fingerprint density at radius 2 is 1.27 bits per heavy atom. The summed E-state index contributed by atoms with van der Waals surface area (Å²) in [5.74, 6) is -1.54. The van der Waals surface area contributed by atoms with Crippen LogP contribution in [0.15, 0.2) is 6.20 Å². The van der Waals surface area contributed by atoms with Gasteiger partial charge in [-0.05, 0) is 6.42 Å². The molecule has 0 atom stereocenters. The van der Waals surface area contributed by atoms with Gasteiger partial charge in [-0.3, -0.25) is 9.48 Å². The monoisotopic (exact) mass is 421 g/mol. The Morgan fingerprint density at radius 1 is 0.833 bits per heavy atom. The second kappa shape index (κ2) is 16.9. The van der Waals surface area contributed by atoms with Gasteiger partial charge in [-0.25, -0.2) is 4.79 Å². The summed E-state index contributed by atoms with van der Waals surface area (Å²) in [5.41, 5.74) is -0.0662. The Balaban J connectivity index is 1.89. The van der Waals surface area contributed by atoms with E-state index in [0.717, 1.165) is 12.8 Å². The number of aromatic carboxylic acids is 1. The Kier molecular flexibility index (Phi) is 14.7. The van der Waals surface area contributed by atoms with E-state index in [2.05, 4.69) is 17.3 Å². The van der Waals surface area contributed by atoms with Gasteiger partial charge in [0.05, 0.1) is 0 Å². The number of unbranched alkanes of at least 4 members (excludes halogenated alkanes) is 15. The topological polar surface area (TPSA) is 84.2 Å². The average Bonchev–Trinajstić information content (AvgIpc) is 3.12. The third kappa shape index (κ3) is 12.0. The van der Waals surface area contributed by atoms with Gasteiger partial charge in [0, 0.05) is 19.8 Å². The van der Waals surface area contributed by atoms with Gasteiger partial charge in [-0.1, -0.05) is 103 Å². The number of hydrogen-bond acceptors (Lipinski definition) is 3. The van der Waals surface area contributed by atoms with Crippen molar-refractivity contribution in [1.29, 1.82) is 0 Å². The van der Waals surface area contributed by atoms with Crippen molar-refractivity contribution in [3.8, 4) is 0 Å². The largest absolute Gasteiger partial charge is 0.478 e. The fourth-order valence-electron chi connectivity index (χ4n) is 3.77. The summed E-state index contributed by atoms with van der Waals surface area (Å²) < 4.78 is 1.35. The molecule has 0 fully saturated rings. The Morgan fingerprint density at radius 3 is 1.70 bits per heavy atom. The fraction of sp³-hybridized carbons (Fsp3) is 0.792. The molecular formula is C24H43N3O3. The molecule has 0 saturated carbocycles. The predicted molar refractivity (Wildman–Crippen MR) is 122 cm³/mol. The Labute approximate surface area is 182 Å². The maximum Gasteiger partial charge on any atom is 0.339 e. The highest BCUT2D eigenvalue weighted by molar-refractivity contribution is 6.03. The highest BCUT2D eigenvalue weighted by Gasteiger charge is 2.20. The van der Waals surface area contributed by atoms with Crippen molar-refractivity contribution in [2.75, 3.05) is 6.54 Å². The van der Waals surface area contributed by atoms with Crippen molar-refractivity contribution < 1.29 is 14.7 Å². The van der Waals surface area contributed by atoms with Gasteiger partial charge in [0.15, 0.2) is 5.69 Å². The van der Waals surface area contributed by atoms with Crippen molar-refractivity contribution >= 4 is 11.9 Å². The molecule has 0 spiro atoms. The molecule has 2 N–H and O–H groups in total. The minimum Gasteiger partial charge on any atom is -0.478 e. The highest BCUT2D eigenvalue weighted by atomic mass is 16.4. The number of hydrogen-bond donors (Lipinski definition) is 2. The zero-order valence-electron chi connectivity index (χ0n) is 19.3. The number of carboxylic acid groups (broad SMARTS) is 1. The van der Waals surface area contributed by atoms with Gasteiger partial charge < -0.3 is 10.4 Å². The van der Waals surface area contributed by atoms with Gasteiger partial charge >= 0.3 is 5.97 Å². The van der Waals surface area contributed by atoms with Crippen LogP contribution >= 0.6 is 0 Å². The van der Waals surface area contributed by atoms with E-state index in [4.69, 9.17) is 5.11 Å². The first kappa shape index (κ1) is 26.2. The lowest BCUT2D eigenvalue weighted by Gasteiger charge is -2.05. The van der Waals surface area contributed by atoms with E-state index in [0.29, 0.717) is 6.54 Å². The molecule has 1 rings (SSSR count). The molecule has 6 heteroatoms. The summed E-state index contributed by atoms with van der Waals surface area (Å²) in [6.07, 6.45) is 22.4. The number of aryl methyl sites for hydroxylation is 1. The number of carbonyl (C=O) groups excluding carboxylic acids is 1. The molecular weight excluding hydrogens is 378 g/mol. The van der Waals surface area contributed by atoms with E-state index >= 15 is 0 Å². The number of nitrogens with one attached hydrogen (secondary N) is 1. The van der Waals surface area contributed by atoms with Crippen LogP contribution < -0.4 is 5.32 Å². The maximum atomic E-state index is 12.1. The summed E-state index contributed by atoms with van der Waals surface area (Å²) in [7, 11) is 1.61. The molecule has 6 nitrogen and oxygen atoms in total. The third-order valence-electron chi connectivity index (χ3n) is 5.59. The molecule has 0 aromatic carbocycles. The van der Waals surface area contributed by atoms with E-state index in [-0.39, 0.29) is 11.3 Å². The Hall–Kier alpha value is -1.85. The van der Waals surface area contributed by atoms with E-state index in [1.165, 1.54) is 101 Å². The number of nitrogens with zero attached hydrogens (tertiary/aromatic N) is 2. The van der Waals surface area contributed by atoms with Crippen molar-refractivity contribution in [3.63, 3.8) is 0 Å². The predicted octanol–water partition coefficient (Wildman–Crippen LogP) is 6.11. The smallest absolute Gasteiger partial charge is 0.339 e. The molecule has 30 heavy (non-hydrogen) atoms. The molecule has 0 unspecified atom stereocenters. The molecule has 0 radical (unpaired) electrons. The van der Waals surface area contributed by atoms with Gasteiger partial charge in [-0.15, -0.1) is 0 Å². The number of carboxylic acids is 1. The number of rotatable bonds is 19. The molecule has 1 amide bonds. The quantitative estimate of drug-likeness (QED) is 0.264. The molecule has 0 bridgehead atoms. The lowest BCUT2D eigenvalue weighted by atomic mass is 10.0. The van der Waals surface area contributed by atoms with Crippen LogP contribution in [-0.4, -0.2) is 33.3 Å². The van der Waals surface area contributed by atoms with E-state index in [1.807, 2.05) is 0 Å². The van der Waals surface area contributed by atoms with Crippen LogP contribution in [0.2, 0.25) is 0 Å². The van der Waals surface area contributed by atoms with Crippen LogP contribution in [0.4, 0.5) is 0 Å². The first-order valence-electron chi connectivity index (χ1n) is 12.1. The van der Waals surface area contributed by atoms with Crippen molar-refractivity contribution in [3.05, 3.63) is 17.5 Å². The van der Waals surface area contributed by atoms with Gasteiger partial charge in [0.1, 0.15) is 5.56 Å². The third-order valence-corrected chi connectivity index (χ3v) is 5.59. The van der Waals surface area contributed by atoms with Crippen molar-refractivity contribution in [1.82, 2.24) is 15.1 Å². The summed E-state index contributed by atoms with van der Waals surface area (Å²) >= 11 is 0. The second-order valence-electron chi connectivity index (χ2n) is 8.43. The van der Waals surface area contributed by atoms with E-state index in [9.17, 15) is 9.59 Å². The van der Waals surface area contributed by atoms with Crippen LogP contribution in [0.5, 0.6) is 0 Å². The van der Waals surface area contributed by atoms with Crippen LogP contribution in [0.1, 0.15) is 131 Å². The average molecular weight is 422 g/mol. The van der Waals surface area contributed by atoms with Crippen LogP contribution in [0.25, 0.3) is 0 Å². The summed E-state index contributed by atoms with van der Waals surface area (Å²) in [6, 6.07) is 0. The van der Waals surface area contributed by atoms with Gasteiger partial charge in [0.2, 0.25) is 0 Å². The molecule has 1 heterocycles. The minimum atomic E-state index is -1.13. The zero-order chi connectivity index (χ0) is 22.0. The molecule has 0 aliphatic heterocycles. The standard InChI is InChI=1S/C24H43N3O3/c1-3-4-5-6-7-8-9-10-11-12-13-14-15-16-17-18-19-25-23(28)22-21(24(29)30)20-27(2)26-22/h20H,3-19H2,1-2H3,(H,25,28)(H,29,30). The van der Waals surface area contributed by atoms with Crippen LogP contribution in [0.3, 0.4) is 0 Å². The molecule has 172 valence electrons. The molecule has 1 aromatic heterocycles. The fourth-order valence-corrected chi connectivity index (χ4v) is 3.77. The summed E-state index contributed by atoms with van der Waals surface area (Å²) in [4.78, 5) is 23.2. The highest BCUT2D eigenvalue weighted by Crippen LogP contribution is 2.13. The molecule has 0 aliphatic rings. The summed E-state index contributed by atoms with van der Waals surface area (Å²) in [6.45, 7) is 2.83. The molecule has 0 saturated heterocycles.